The summed E-state index contributed by atoms with van der Waals surface area (Å²) in [6.07, 6.45) is 4.65. The fraction of sp³-hybridized carbons (Fsp3) is 0.588. The highest BCUT2D eigenvalue weighted by molar-refractivity contribution is 5.76. The average Bonchev–Trinajstić information content (AvgIpc) is 2.48. The number of carbonyl (C=O) groups excluding carboxylic acids is 1. The maximum Gasteiger partial charge on any atom is 0.220 e. The quantitative estimate of drug-likeness (QED) is 0.789. The molecule has 21 heavy (non-hydrogen) atoms. The molecule has 0 aromatic heterocycles. The Morgan fingerprint density at radius 1 is 1.38 bits per heavy atom. The Labute approximate surface area is 127 Å². The summed E-state index contributed by atoms with van der Waals surface area (Å²) in [4.78, 5) is 14.5. The zero-order valence-corrected chi connectivity index (χ0v) is 13.0. The highest BCUT2D eigenvalue weighted by Crippen LogP contribution is 2.12. The molecule has 0 unspecified atom stereocenters. The monoisotopic (exact) mass is 289 g/mol. The fourth-order valence-electron chi connectivity index (χ4n) is 2.92. The Hall–Kier alpha value is -1.55. The van der Waals surface area contributed by atoms with Crippen LogP contribution in [-0.2, 0) is 11.2 Å². The fourth-order valence-corrected chi connectivity index (χ4v) is 2.92. The van der Waals surface area contributed by atoms with Crippen LogP contribution in [0.4, 0.5) is 5.69 Å². The summed E-state index contributed by atoms with van der Waals surface area (Å²) in [6, 6.07) is 8.12. The number of piperidine rings is 1. The van der Waals surface area contributed by atoms with E-state index in [9.17, 15) is 4.79 Å². The molecule has 1 saturated heterocycles. The van der Waals surface area contributed by atoms with Crippen molar-refractivity contribution in [3.05, 3.63) is 29.8 Å². The average molecular weight is 289 g/mol. The summed E-state index contributed by atoms with van der Waals surface area (Å²) in [6.45, 7) is 5.60. The van der Waals surface area contributed by atoms with E-state index in [1.807, 2.05) is 24.3 Å². The molecule has 1 aromatic carbocycles. The van der Waals surface area contributed by atoms with Gasteiger partial charge in [0.15, 0.2) is 0 Å². The molecule has 1 fully saturated rings. The Bertz CT molecular complexity index is 453. The molecule has 1 aromatic rings. The van der Waals surface area contributed by atoms with Crippen LogP contribution in [-0.4, -0.2) is 36.5 Å². The van der Waals surface area contributed by atoms with E-state index in [1.165, 1.54) is 13.0 Å². The third-order valence-electron chi connectivity index (χ3n) is 4.08. The number of likely N-dealkylation sites (tertiary alicyclic amines) is 1. The van der Waals surface area contributed by atoms with Crippen LogP contribution in [0.1, 0.15) is 38.2 Å². The van der Waals surface area contributed by atoms with Gasteiger partial charge < -0.3 is 16.0 Å². The number of nitrogens with one attached hydrogen (secondary N) is 1. The van der Waals surface area contributed by atoms with Gasteiger partial charge >= 0.3 is 0 Å². The second-order valence-electron chi connectivity index (χ2n) is 5.93. The van der Waals surface area contributed by atoms with E-state index in [1.54, 1.807) is 0 Å². The van der Waals surface area contributed by atoms with E-state index in [2.05, 4.69) is 17.1 Å². The third kappa shape index (κ3) is 5.38. The molecule has 116 valence electrons. The Balaban J connectivity index is 1.68. The molecular formula is C17H27N3O. The predicted molar refractivity (Wildman–Crippen MR) is 87.1 cm³/mol. The summed E-state index contributed by atoms with van der Waals surface area (Å²) < 4.78 is 0. The van der Waals surface area contributed by atoms with Crippen LogP contribution in [0.5, 0.6) is 0 Å². The highest BCUT2D eigenvalue weighted by Gasteiger charge is 2.19. The van der Waals surface area contributed by atoms with Gasteiger partial charge in [-0.05, 0) is 49.9 Å². The van der Waals surface area contributed by atoms with Crippen molar-refractivity contribution in [3.63, 3.8) is 0 Å². The van der Waals surface area contributed by atoms with Crippen molar-refractivity contribution in [1.29, 1.82) is 0 Å². The highest BCUT2D eigenvalue weighted by atomic mass is 16.1. The summed E-state index contributed by atoms with van der Waals surface area (Å²) in [5.74, 6) is 0.159. The number of hydrogen-bond donors (Lipinski definition) is 2. The van der Waals surface area contributed by atoms with Crippen molar-refractivity contribution in [1.82, 2.24) is 10.2 Å². The van der Waals surface area contributed by atoms with Crippen LogP contribution in [0.2, 0.25) is 0 Å². The smallest absolute Gasteiger partial charge is 0.220 e. The molecule has 3 N–H and O–H groups in total. The lowest BCUT2D eigenvalue weighted by atomic mass is 10.0. The first-order chi connectivity index (χ1) is 10.2. The second-order valence-corrected chi connectivity index (χ2v) is 5.93. The first-order valence-corrected chi connectivity index (χ1v) is 8.03. The largest absolute Gasteiger partial charge is 0.399 e. The van der Waals surface area contributed by atoms with Crippen molar-refractivity contribution in [2.75, 3.05) is 25.4 Å². The number of nitrogens with zero attached hydrogens (tertiary/aromatic N) is 1. The topological polar surface area (TPSA) is 58.4 Å². The SMILES string of the molecule is CCCN1CCC(NC(=O)CCc2cccc(N)c2)CC1. The maximum absolute atomic E-state index is 12.0. The molecule has 1 aliphatic heterocycles. The molecule has 0 radical (unpaired) electrons. The molecule has 1 heterocycles. The molecule has 0 spiro atoms. The lowest BCUT2D eigenvalue weighted by Gasteiger charge is -2.32. The zero-order chi connectivity index (χ0) is 15.1. The number of benzene rings is 1. The van der Waals surface area contributed by atoms with Gasteiger partial charge in [0.05, 0.1) is 0 Å². The standard InChI is InChI=1S/C17H27N3O/c1-2-10-20-11-8-16(9-12-20)19-17(21)7-6-14-4-3-5-15(18)13-14/h3-5,13,16H,2,6-12,18H2,1H3,(H,19,21). The molecule has 0 aliphatic carbocycles. The van der Waals surface area contributed by atoms with Gasteiger partial charge in [0.1, 0.15) is 0 Å². The van der Waals surface area contributed by atoms with Crippen LogP contribution < -0.4 is 11.1 Å². The number of nitrogens with two attached hydrogens (primary N) is 1. The number of aryl methyl sites for hydroxylation is 1. The lowest BCUT2D eigenvalue weighted by molar-refractivity contribution is -0.122. The molecule has 0 saturated carbocycles. The molecular weight excluding hydrogens is 262 g/mol. The minimum atomic E-state index is 0.159. The van der Waals surface area contributed by atoms with E-state index >= 15 is 0 Å². The van der Waals surface area contributed by atoms with Crippen molar-refractivity contribution in [2.24, 2.45) is 0 Å². The van der Waals surface area contributed by atoms with Crippen LogP contribution in [0.3, 0.4) is 0 Å². The number of anilines is 1. The minimum absolute atomic E-state index is 0.159. The molecule has 1 aliphatic rings. The van der Waals surface area contributed by atoms with Gasteiger partial charge in [0.25, 0.3) is 0 Å². The number of carbonyl (C=O) groups is 1. The van der Waals surface area contributed by atoms with E-state index in [0.29, 0.717) is 12.5 Å². The summed E-state index contributed by atoms with van der Waals surface area (Å²) in [7, 11) is 0. The van der Waals surface area contributed by atoms with Crippen LogP contribution in [0, 0.1) is 0 Å². The lowest BCUT2D eigenvalue weighted by Crippen LogP contribution is -2.44. The zero-order valence-electron chi connectivity index (χ0n) is 13.0. The molecule has 4 nitrogen and oxygen atoms in total. The Morgan fingerprint density at radius 2 is 2.14 bits per heavy atom. The maximum atomic E-state index is 12.0. The predicted octanol–water partition coefficient (Wildman–Crippen LogP) is 2.19. The Morgan fingerprint density at radius 3 is 2.81 bits per heavy atom. The van der Waals surface area contributed by atoms with E-state index in [4.69, 9.17) is 5.73 Å². The summed E-state index contributed by atoms with van der Waals surface area (Å²) in [5.41, 5.74) is 7.63. The van der Waals surface area contributed by atoms with Crippen LogP contribution in [0.25, 0.3) is 0 Å². The molecule has 2 rings (SSSR count). The summed E-state index contributed by atoms with van der Waals surface area (Å²) in [5, 5.41) is 3.17. The molecule has 1 amide bonds. The normalized spacial score (nSPS) is 16.8. The molecule has 0 atom stereocenters. The van der Waals surface area contributed by atoms with E-state index in [-0.39, 0.29) is 5.91 Å². The Kier molecular flexibility index (Phi) is 6.05. The van der Waals surface area contributed by atoms with Gasteiger partial charge in [-0.2, -0.15) is 0 Å². The van der Waals surface area contributed by atoms with Gasteiger partial charge in [0.2, 0.25) is 5.91 Å². The summed E-state index contributed by atoms with van der Waals surface area (Å²) >= 11 is 0. The third-order valence-corrected chi connectivity index (χ3v) is 4.08. The van der Waals surface area contributed by atoms with Gasteiger partial charge in [-0.3, -0.25) is 4.79 Å². The van der Waals surface area contributed by atoms with E-state index in [0.717, 1.165) is 43.6 Å². The number of nitrogen functional groups attached to an aromatic ring is 1. The van der Waals surface area contributed by atoms with Gasteiger partial charge in [-0.1, -0.05) is 19.1 Å². The van der Waals surface area contributed by atoms with E-state index < -0.39 is 0 Å². The minimum Gasteiger partial charge on any atom is -0.399 e. The molecule has 4 heteroatoms. The number of hydrogen-bond acceptors (Lipinski definition) is 3. The van der Waals surface area contributed by atoms with Crippen molar-refractivity contribution < 1.29 is 4.79 Å². The van der Waals surface area contributed by atoms with Gasteiger partial charge in [-0.15, -0.1) is 0 Å². The van der Waals surface area contributed by atoms with Crippen molar-refractivity contribution in [3.8, 4) is 0 Å². The molecule has 0 bridgehead atoms. The second kappa shape index (κ2) is 8.03. The first kappa shape index (κ1) is 15.8. The van der Waals surface area contributed by atoms with Gasteiger partial charge in [0, 0.05) is 31.2 Å². The van der Waals surface area contributed by atoms with Crippen LogP contribution in [0.15, 0.2) is 24.3 Å². The van der Waals surface area contributed by atoms with Crippen molar-refractivity contribution >= 4 is 11.6 Å². The van der Waals surface area contributed by atoms with Crippen LogP contribution >= 0.6 is 0 Å². The number of rotatable bonds is 6. The number of amides is 1. The van der Waals surface area contributed by atoms with Gasteiger partial charge in [-0.25, -0.2) is 0 Å². The first-order valence-electron chi connectivity index (χ1n) is 8.03. The van der Waals surface area contributed by atoms with Crippen molar-refractivity contribution in [2.45, 2.75) is 45.1 Å².